The summed E-state index contributed by atoms with van der Waals surface area (Å²) in [6.07, 6.45) is 0.240. The lowest BCUT2D eigenvalue weighted by Crippen LogP contribution is -2.32. The van der Waals surface area contributed by atoms with Crippen LogP contribution in [0.5, 0.6) is 5.75 Å². The van der Waals surface area contributed by atoms with Crippen LogP contribution in [-0.2, 0) is 6.18 Å². The topological polar surface area (TPSA) is 35.2 Å². The quantitative estimate of drug-likeness (QED) is 0.853. The van der Waals surface area contributed by atoms with Crippen LogP contribution in [0.2, 0.25) is 0 Å². The summed E-state index contributed by atoms with van der Waals surface area (Å²) in [7, 11) is 0. The number of para-hydroxylation sites is 1. The molecule has 1 aliphatic carbocycles. The highest BCUT2D eigenvalue weighted by molar-refractivity contribution is 5.35. The van der Waals surface area contributed by atoms with Crippen LogP contribution in [0.1, 0.15) is 37.7 Å². The number of nitrogens with two attached hydrogens (primary N) is 1. The van der Waals surface area contributed by atoms with Gasteiger partial charge in [-0.05, 0) is 37.9 Å². The lowest BCUT2D eigenvalue weighted by molar-refractivity contribution is -0.139. The molecule has 1 aliphatic rings. The second-order valence-corrected chi connectivity index (χ2v) is 5.28. The summed E-state index contributed by atoms with van der Waals surface area (Å²) in [6, 6.07) is 5.40. The molecular formula is C15H20F3NO. The first-order chi connectivity index (χ1) is 9.52. The lowest BCUT2D eigenvalue weighted by Gasteiger charge is -2.26. The fraction of sp³-hybridized carbons (Fsp3) is 0.600. The van der Waals surface area contributed by atoms with E-state index in [0.29, 0.717) is 6.54 Å². The van der Waals surface area contributed by atoms with E-state index in [-0.39, 0.29) is 17.8 Å². The van der Waals surface area contributed by atoms with E-state index in [2.05, 4.69) is 0 Å². The number of hydrogen-bond donors (Lipinski definition) is 1. The molecule has 5 heteroatoms. The molecule has 2 atom stereocenters. The number of benzene rings is 1. The predicted molar refractivity (Wildman–Crippen MR) is 71.5 cm³/mol. The van der Waals surface area contributed by atoms with Crippen molar-refractivity contribution in [3.8, 4) is 5.75 Å². The van der Waals surface area contributed by atoms with Crippen LogP contribution in [0.3, 0.4) is 0 Å². The fourth-order valence-electron chi connectivity index (χ4n) is 2.74. The third-order valence-corrected chi connectivity index (χ3v) is 3.86. The summed E-state index contributed by atoms with van der Waals surface area (Å²) in [5.41, 5.74) is 5.03. The van der Waals surface area contributed by atoms with E-state index in [4.69, 9.17) is 10.5 Å². The maximum Gasteiger partial charge on any atom is 0.419 e. The number of halogens is 3. The Morgan fingerprint density at radius 3 is 2.50 bits per heavy atom. The summed E-state index contributed by atoms with van der Waals surface area (Å²) in [5.74, 6) is 0.0594. The Hall–Kier alpha value is -1.23. The molecule has 0 aliphatic heterocycles. The van der Waals surface area contributed by atoms with Gasteiger partial charge in [0.1, 0.15) is 11.9 Å². The van der Waals surface area contributed by atoms with Crippen LogP contribution in [0, 0.1) is 5.92 Å². The van der Waals surface area contributed by atoms with Gasteiger partial charge in [0, 0.05) is 5.92 Å². The van der Waals surface area contributed by atoms with Crippen LogP contribution in [0.25, 0.3) is 0 Å². The molecule has 0 radical (unpaired) electrons. The Balaban J connectivity index is 2.20. The van der Waals surface area contributed by atoms with E-state index in [0.717, 1.165) is 38.2 Å². The van der Waals surface area contributed by atoms with E-state index >= 15 is 0 Å². The molecule has 0 aromatic heterocycles. The van der Waals surface area contributed by atoms with E-state index in [1.54, 1.807) is 6.07 Å². The third-order valence-electron chi connectivity index (χ3n) is 3.86. The highest BCUT2D eigenvalue weighted by atomic mass is 19.4. The Kier molecular flexibility index (Phi) is 4.91. The molecule has 0 saturated heterocycles. The van der Waals surface area contributed by atoms with Gasteiger partial charge in [-0.2, -0.15) is 13.2 Å². The van der Waals surface area contributed by atoms with Crippen LogP contribution < -0.4 is 10.5 Å². The summed E-state index contributed by atoms with van der Waals surface area (Å²) >= 11 is 0. The molecule has 1 aromatic carbocycles. The molecule has 0 spiro atoms. The normalized spacial score (nSPS) is 24.2. The zero-order valence-electron chi connectivity index (χ0n) is 11.3. The molecule has 2 nitrogen and oxygen atoms in total. The van der Waals surface area contributed by atoms with Crippen molar-refractivity contribution >= 4 is 0 Å². The molecule has 2 N–H and O–H groups in total. The van der Waals surface area contributed by atoms with Gasteiger partial charge in [0.2, 0.25) is 0 Å². The van der Waals surface area contributed by atoms with Crippen molar-refractivity contribution in [2.75, 3.05) is 6.54 Å². The fourth-order valence-corrected chi connectivity index (χ4v) is 2.74. The predicted octanol–water partition coefficient (Wildman–Crippen LogP) is 3.99. The number of alkyl halides is 3. The first-order valence-electron chi connectivity index (χ1n) is 7.05. The van der Waals surface area contributed by atoms with Gasteiger partial charge in [0.25, 0.3) is 0 Å². The second-order valence-electron chi connectivity index (χ2n) is 5.28. The SMILES string of the molecule is NCC1CCCCCC1Oc1ccccc1C(F)(F)F. The van der Waals surface area contributed by atoms with Crippen molar-refractivity contribution in [1.82, 2.24) is 0 Å². The number of hydrogen-bond acceptors (Lipinski definition) is 2. The van der Waals surface area contributed by atoms with Crippen molar-refractivity contribution in [2.45, 2.75) is 44.4 Å². The molecule has 0 heterocycles. The van der Waals surface area contributed by atoms with Gasteiger partial charge in [0.05, 0.1) is 5.56 Å². The van der Waals surface area contributed by atoms with Crippen LogP contribution in [0.15, 0.2) is 24.3 Å². The Morgan fingerprint density at radius 2 is 1.80 bits per heavy atom. The molecule has 1 saturated carbocycles. The third kappa shape index (κ3) is 3.66. The van der Waals surface area contributed by atoms with Crippen molar-refractivity contribution in [1.29, 1.82) is 0 Å². The van der Waals surface area contributed by atoms with Gasteiger partial charge in [-0.3, -0.25) is 0 Å². The van der Waals surface area contributed by atoms with E-state index in [9.17, 15) is 13.2 Å². The van der Waals surface area contributed by atoms with Gasteiger partial charge in [0.15, 0.2) is 0 Å². The molecule has 112 valence electrons. The van der Waals surface area contributed by atoms with Gasteiger partial charge >= 0.3 is 6.18 Å². The molecule has 0 bridgehead atoms. The molecular weight excluding hydrogens is 267 g/mol. The van der Waals surface area contributed by atoms with Gasteiger partial charge in [-0.1, -0.05) is 25.0 Å². The molecule has 0 amide bonds. The monoisotopic (exact) mass is 287 g/mol. The standard InChI is InChI=1S/C15H20F3NO/c16-15(17,18)12-7-4-5-9-14(12)20-13-8-3-1-2-6-11(13)10-19/h4-5,7,9,11,13H,1-3,6,8,10,19H2. The maximum atomic E-state index is 13.0. The zero-order valence-corrected chi connectivity index (χ0v) is 11.3. The van der Waals surface area contributed by atoms with Crippen LogP contribution in [0.4, 0.5) is 13.2 Å². The van der Waals surface area contributed by atoms with E-state index in [1.807, 2.05) is 0 Å². The van der Waals surface area contributed by atoms with Crippen molar-refractivity contribution in [2.24, 2.45) is 11.7 Å². The summed E-state index contributed by atoms with van der Waals surface area (Å²) < 4.78 is 44.6. The average molecular weight is 287 g/mol. The Bertz CT molecular complexity index is 433. The summed E-state index contributed by atoms with van der Waals surface area (Å²) in [5, 5.41) is 0. The molecule has 2 unspecified atom stereocenters. The highest BCUT2D eigenvalue weighted by Crippen LogP contribution is 2.37. The van der Waals surface area contributed by atoms with Gasteiger partial charge < -0.3 is 10.5 Å². The second kappa shape index (κ2) is 6.48. The van der Waals surface area contributed by atoms with E-state index < -0.39 is 11.7 Å². The van der Waals surface area contributed by atoms with E-state index in [1.165, 1.54) is 12.1 Å². The van der Waals surface area contributed by atoms with Crippen LogP contribution >= 0.6 is 0 Å². The first kappa shape index (κ1) is 15.2. The minimum absolute atomic E-state index is 0.0784. The lowest BCUT2D eigenvalue weighted by atomic mass is 9.97. The summed E-state index contributed by atoms with van der Waals surface area (Å²) in [4.78, 5) is 0. The number of rotatable bonds is 3. The van der Waals surface area contributed by atoms with Crippen LogP contribution in [-0.4, -0.2) is 12.6 Å². The molecule has 20 heavy (non-hydrogen) atoms. The minimum Gasteiger partial charge on any atom is -0.489 e. The average Bonchev–Trinajstić information content (AvgIpc) is 2.63. The zero-order chi connectivity index (χ0) is 14.6. The molecule has 2 rings (SSSR count). The van der Waals surface area contributed by atoms with Gasteiger partial charge in [-0.15, -0.1) is 0 Å². The summed E-state index contributed by atoms with van der Waals surface area (Å²) in [6.45, 7) is 0.457. The Labute approximate surface area is 117 Å². The first-order valence-corrected chi connectivity index (χ1v) is 7.05. The van der Waals surface area contributed by atoms with Gasteiger partial charge in [-0.25, -0.2) is 0 Å². The van der Waals surface area contributed by atoms with Crippen molar-refractivity contribution in [3.63, 3.8) is 0 Å². The smallest absolute Gasteiger partial charge is 0.419 e. The van der Waals surface area contributed by atoms with Crippen molar-refractivity contribution in [3.05, 3.63) is 29.8 Å². The maximum absolute atomic E-state index is 13.0. The minimum atomic E-state index is -4.39. The Morgan fingerprint density at radius 1 is 1.10 bits per heavy atom. The highest BCUT2D eigenvalue weighted by Gasteiger charge is 2.35. The molecule has 1 aromatic rings. The van der Waals surface area contributed by atoms with Crippen molar-refractivity contribution < 1.29 is 17.9 Å². The molecule has 1 fully saturated rings. The number of ether oxygens (including phenoxy) is 1. The largest absolute Gasteiger partial charge is 0.489 e.